The second-order valence-corrected chi connectivity index (χ2v) is 5.91. The first-order valence-corrected chi connectivity index (χ1v) is 7.90. The minimum atomic E-state index is -0.238. The summed E-state index contributed by atoms with van der Waals surface area (Å²) in [5.41, 5.74) is 2.11. The van der Waals surface area contributed by atoms with Crippen molar-refractivity contribution in [3.63, 3.8) is 0 Å². The van der Waals surface area contributed by atoms with Crippen LogP contribution < -0.4 is 10.1 Å². The molecule has 0 radical (unpaired) electrons. The molecule has 8 heteroatoms. The quantitative estimate of drug-likeness (QED) is 0.750. The minimum absolute atomic E-state index is 0.197. The van der Waals surface area contributed by atoms with E-state index in [2.05, 4.69) is 25.6 Å². The lowest BCUT2D eigenvalue weighted by molar-refractivity contribution is 0.182. The first kappa shape index (κ1) is 14.8. The lowest BCUT2D eigenvalue weighted by Crippen LogP contribution is -2.18. The van der Waals surface area contributed by atoms with Gasteiger partial charge in [0.15, 0.2) is 11.2 Å². The Kier molecular flexibility index (Phi) is 3.73. The van der Waals surface area contributed by atoms with Gasteiger partial charge in [0.2, 0.25) is 5.95 Å². The van der Waals surface area contributed by atoms with Crippen LogP contribution in [0, 0.1) is 0 Å². The number of benzene rings is 1. The molecule has 0 spiro atoms. The molecule has 8 nitrogen and oxygen atoms in total. The molecule has 1 saturated carbocycles. The van der Waals surface area contributed by atoms with Gasteiger partial charge in [-0.05, 0) is 43.5 Å². The number of methoxy groups -OCH3 is 1. The molecule has 1 aromatic carbocycles. The van der Waals surface area contributed by atoms with Crippen LogP contribution >= 0.6 is 0 Å². The summed E-state index contributed by atoms with van der Waals surface area (Å²) in [6, 6.07) is 7.72. The molecule has 24 heavy (non-hydrogen) atoms. The van der Waals surface area contributed by atoms with E-state index < -0.39 is 0 Å². The number of aromatic nitrogens is 5. The van der Waals surface area contributed by atoms with Crippen LogP contribution in [0.25, 0.3) is 16.9 Å². The second kappa shape index (κ2) is 6.04. The molecule has 3 aromatic rings. The Morgan fingerprint density at radius 3 is 2.79 bits per heavy atom. The summed E-state index contributed by atoms with van der Waals surface area (Å²) < 4.78 is 6.85. The molecule has 0 amide bonds. The first-order valence-electron chi connectivity index (χ1n) is 7.90. The van der Waals surface area contributed by atoms with Crippen LogP contribution in [-0.4, -0.2) is 49.3 Å². The number of rotatable bonds is 4. The predicted molar refractivity (Wildman–Crippen MR) is 88.3 cm³/mol. The van der Waals surface area contributed by atoms with Crippen molar-refractivity contribution in [2.24, 2.45) is 0 Å². The topological polar surface area (TPSA) is 98.0 Å². The van der Waals surface area contributed by atoms with Crippen molar-refractivity contribution in [2.75, 3.05) is 12.4 Å². The van der Waals surface area contributed by atoms with Crippen LogP contribution in [-0.2, 0) is 0 Å². The number of nitrogens with zero attached hydrogens (tertiary/aromatic N) is 5. The molecule has 0 saturated heterocycles. The molecule has 4 rings (SSSR count). The summed E-state index contributed by atoms with van der Waals surface area (Å²) in [4.78, 5) is 8.84. The van der Waals surface area contributed by atoms with E-state index in [9.17, 15) is 5.11 Å². The highest BCUT2D eigenvalue weighted by Gasteiger charge is 2.23. The van der Waals surface area contributed by atoms with E-state index in [-0.39, 0.29) is 12.1 Å². The third-order valence-electron chi connectivity index (χ3n) is 4.25. The molecule has 2 atom stereocenters. The van der Waals surface area contributed by atoms with Crippen molar-refractivity contribution >= 4 is 17.1 Å². The van der Waals surface area contributed by atoms with Gasteiger partial charge in [0.25, 0.3) is 0 Å². The van der Waals surface area contributed by atoms with Gasteiger partial charge >= 0.3 is 0 Å². The van der Waals surface area contributed by atoms with Crippen molar-refractivity contribution in [3.8, 4) is 11.4 Å². The van der Waals surface area contributed by atoms with Crippen LogP contribution in [0.15, 0.2) is 30.5 Å². The monoisotopic (exact) mass is 326 g/mol. The van der Waals surface area contributed by atoms with Crippen LogP contribution in [0.1, 0.15) is 19.3 Å². The standard InChI is InChI=1S/C16H18N6O2/c1-24-13-6-3-11(4-7-13)22-15-14(20-21-22)9-17-16(19-15)18-10-2-5-12(23)8-10/h3-4,6-7,9-10,12,23H,2,5,8H2,1H3,(H,17,18,19)/t10-,12+/m1/s1. The third kappa shape index (κ3) is 2.76. The average Bonchev–Trinajstić information content (AvgIpc) is 3.21. The van der Waals surface area contributed by atoms with E-state index in [1.54, 1.807) is 18.0 Å². The van der Waals surface area contributed by atoms with Crippen LogP contribution in [0.3, 0.4) is 0 Å². The highest BCUT2D eigenvalue weighted by atomic mass is 16.5. The fourth-order valence-corrected chi connectivity index (χ4v) is 2.97. The summed E-state index contributed by atoms with van der Waals surface area (Å²) in [5, 5.41) is 21.2. The zero-order chi connectivity index (χ0) is 16.5. The molecule has 1 aliphatic rings. The highest BCUT2D eigenvalue weighted by Crippen LogP contribution is 2.23. The number of fused-ring (bicyclic) bond motifs is 1. The van der Waals surface area contributed by atoms with E-state index in [1.807, 2.05) is 24.3 Å². The maximum absolute atomic E-state index is 9.64. The van der Waals surface area contributed by atoms with Gasteiger partial charge < -0.3 is 15.2 Å². The number of hydrogen-bond acceptors (Lipinski definition) is 7. The number of anilines is 1. The van der Waals surface area contributed by atoms with Crippen molar-refractivity contribution in [1.29, 1.82) is 0 Å². The van der Waals surface area contributed by atoms with Gasteiger partial charge in [-0.3, -0.25) is 0 Å². The Labute approximate surface area is 138 Å². The summed E-state index contributed by atoms with van der Waals surface area (Å²) in [6.45, 7) is 0. The zero-order valence-corrected chi connectivity index (χ0v) is 13.3. The number of aliphatic hydroxyl groups excluding tert-OH is 1. The molecule has 2 N–H and O–H groups in total. The number of ether oxygens (including phenoxy) is 1. The van der Waals surface area contributed by atoms with E-state index in [4.69, 9.17) is 4.74 Å². The summed E-state index contributed by atoms with van der Waals surface area (Å²) in [7, 11) is 1.63. The van der Waals surface area contributed by atoms with Gasteiger partial charge in [-0.15, -0.1) is 5.10 Å². The SMILES string of the molecule is COc1ccc(-n2nnc3cnc(N[C@@H]4CC[C@H](O)C4)nc32)cc1. The fraction of sp³-hybridized carbons (Fsp3) is 0.375. The lowest BCUT2D eigenvalue weighted by atomic mass is 10.2. The van der Waals surface area contributed by atoms with E-state index in [0.29, 0.717) is 17.1 Å². The van der Waals surface area contributed by atoms with Gasteiger partial charge in [0.1, 0.15) is 5.75 Å². The van der Waals surface area contributed by atoms with Crippen molar-refractivity contribution < 1.29 is 9.84 Å². The third-order valence-corrected chi connectivity index (χ3v) is 4.25. The highest BCUT2D eigenvalue weighted by molar-refractivity contribution is 5.72. The normalized spacial score (nSPS) is 20.4. The smallest absolute Gasteiger partial charge is 0.225 e. The Morgan fingerprint density at radius 1 is 1.25 bits per heavy atom. The van der Waals surface area contributed by atoms with Crippen LogP contribution in [0.5, 0.6) is 5.75 Å². The fourth-order valence-electron chi connectivity index (χ4n) is 2.97. The van der Waals surface area contributed by atoms with E-state index in [1.165, 1.54) is 0 Å². The zero-order valence-electron chi connectivity index (χ0n) is 13.3. The minimum Gasteiger partial charge on any atom is -0.497 e. The number of hydrogen-bond donors (Lipinski definition) is 2. The maximum atomic E-state index is 9.64. The first-order chi connectivity index (χ1) is 11.7. The predicted octanol–water partition coefficient (Wildman–Crippen LogP) is 1.54. The van der Waals surface area contributed by atoms with Gasteiger partial charge in [0.05, 0.1) is 25.1 Å². The van der Waals surface area contributed by atoms with Crippen LogP contribution in [0.2, 0.25) is 0 Å². The molecule has 1 fully saturated rings. The summed E-state index contributed by atoms with van der Waals surface area (Å²) in [6.07, 6.45) is 3.86. The van der Waals surface area contributed by atoms with E-state index >= 15 is 0 Å². The molecule has 1 aliphatic carbocycles. The molecular weight excluding hydrogens is 308 g/mol. The Balaban J connectivity index is 1.65. The largest absolute Gasteiger partial charge is 0.497 e. The van der Waals surface area contributed by atoms with Gasteiger partial charge in [0, 0.05) is 6.04 Å². The maximum Gasteiger partial charge on any atom is 0.225 e. The van der Waals surface area contributed by atoms with Gasteiger partial charge in [-0.2, -0.15) is 9.67 Å². The molecule has 2 heterocycles. The van der Waals surface area contributed by atoms with Crippen molar-refractivity contribution in [3.05, 3.63) is 30.5 Å². The number of nitrogens with one attached hydrogen (secondary N) is 1. The van der Waals surface area contributed by atoms with Gasteiger partial charge in [-0.1, -0.05) is 5.21 Å². The molecular formula is C16H18N6O2. The summed E-state index contributed by atoms with van der Waals surface area (Å²) in [5.74, 6) is 1.30. The molecule has 124 valence electrons. The average molecular weight is 326 g/mol. The Hall–Kier alpha value is -2.74. The number of aliphatic hydroxyl groups is 1. The van der Waals surface area contributed by atoms with Crippen molar-refractivity contribution in [1.82, 2.24) is 25.0 Å². The molecule has 0 aliphatic heterocycles. The van der Waals surface area contributed by atoms with E-state index in [0.717, 1.165) is 30.7 Å². The molecule has 0 unspecified atom stereocenters. The van der Waals surface area contributed by atoms with Crippen molar-refractivity contribution in [2.45, 2.75) is 31.4 Å². The van der Waals surface area contributed by atoms with Crippen LogP contribution in [0.4, 0.5) is 5.95 Å². The van der Waals surface area contributed by atoms with Gasteiger partial charge in [-0.25, -0.2) is 4.98 Å². The Morgan fingerprint density at radius 2 is 2.08 bits per heavy atom. The Bertz CT molecular complexity index is 847. The molecule has 0 bridgehead atoms. The second-order valence-electron chi connectivity index (χ2n) is 5.91. The molecule has 2 aromatic heterocycles. The summed E-state index contributed by atoms with van der Waals surface area (Å²) >= 11 is 0. The lowest BCUT2D eigenvalue weighted by Gasteiger charge is -2.11.